The molecule has 0 aliphatic rings. The Morgan fingerprint density at radius 3 is 3.00 bits per heavy atom. The molecule has 1 atom stereocenters. The summed E-state index contributed by atoms with van der Waals surface area (Å²) < 4.78 is 0. The van der Waals surface area contributed by atoms with Crippen molar-refractivity contribution in [1.82, 2.24) is 4.98 Å². The summed E-state index contributed by atoms with van der Waals surface area (Å²) in [5, 5.41) is 1.60. The van der Waals surface area contributed by atoms with Crippen LogP contribution >= 0.6 is 11.6 Å². The van der Waals surface area contributed by atoms with Crippen molar-refractivity contribution in [2.24, 2.45) is 5.73 Å². The summed E-state index contributed by atoms with van der Waals surface area (Å²) in [6.07, 6.45) is 2.46. The first kappa shape index (κ1) is 9.24. The van der Waals surface area contributed by atoms with Gasteiger partial charge in [-0.25, -0.2) is 0 Å². The number of aldehydes is 1. The second-order valence-corrected chi connectivity index (χ2v) is 3.53. The van der Waals surface area contributed by atoms with Gasteiger partial charge in [-0.1, -0.05) is 17.7 Å². The Kier molecular flexibility index (Phi) is 2.27. The molecule has 2 rings (SSSR count). The Labute approximate surface area is 85.9 Å². The molecule has 0 spiro atoms. The quantitative estimate of drug-likeness (QED) is 0.742. The number of hydrogen-bond acceptors (Lipinski definition) is 2. The molecule has 0 amide bonds. The number of nitrogens with one attached hydrogen (secondary N) is 1. The number of benzene rings is 1. The number of aromatic amines is 1. The molecule has 0 aliphatic carbocycles. The highest BCUT2D eigenvalue weighted by Gasteiger charge is 2.10. The van der Waals surface area contributed by atoms with Gasteiger partial charge in [0, 0.05) is 27.7 Å². The number of hydrogen-bond donors (Lipinski definition) is 2. The number of carbonyl (C=O) groups excluding carboxylic acids is 1. The van der Waals surface area contributed by atoms with Crippen LogP contribution in [0.25, 0.3) is 10.9 Å². The maximum absolute atomic E-state index is 10.5. The smallest absolute Gasteiger partial charge is 0.141 e. The van der Waals surface area contributed by atoms with Crippen molar-refractivity contribution in [1.29, 1.82) is 0 Å². The van der Waals surface area contributed by atoms with E-state index in [4.69, 9.17) is 17.3 Å². The zero-order valence-corrected chi connectivity index (χ0v) is 8.08. The third-order valence-electron chi connectivity index (χ3n) is 2.18. The average Bonchev–Trinajstić information content (AvgIpc) is 2.59. The van der Waals surface area contributed by atoms with Crippen LogP contribution in [0.4, 0.5) is 0 Å². The molecule has 3 N–H and O–H groups in total. The van der Waals surface area contributed by atoms with Crippen LogP contribution in [0, 0.1) is 0 Å². The second-order valence-electron chi connectivity index (χ2n) is 3.10. The van der Waals surface area contributed by atoms with Crippen molar-refractivity contribution in [3.8, 4) is 0 Å². The number of H-pyrrole nitrogens is 1. The highest BCUT2D eigenvalue weighted by molar-refractivity contribution is 6.31. The topological polar surface area (TPSA) is 58.9 Å². The average molecular weight is 209 g/mol. The van der Waals surface area contributed by atoms with Crippen LogP contribution in [0.1, 0.15) is 11.6 Å². The largest absolute Gasteiger partial charge is 0.361 e. The van der Waals surface area contributed by atoms with Gasteiger partial charge in [-0.15, -0.1) is 0 Å². The minimum atomic E-state index is -0.579. The second kappa shape index (κ2) is 3.44. The molecule has 4 heteroatoms. The maximum Gasteiger partial charge on any atom is 0.141 e. The first-order valence-corrected chi connectivity index (χ1v) is 4.57. The summed E-state index contributed by atoms with van der Waals surface area (Å²) in [4.78, 5) is 13.6. The third kappa shape index (κ3) is 1.41. The van der Waals surface area contributed by atoms with Crippen LogP contribution < -0.4 is 5.73 Å². The van der Waals surface area contributed by atoms with Gasteiger partial charge in [-0.2, -0.15) is 0 Å². The van der Waals surface area contributed by atoms with E-state index in [0.717, 1.165) is 22.8 Å². The number of aromatic nitrogens is 1. The minimum Gasteiger partial charge on any atom is -0.361 e. The first-order valence-electron chi connectivity index (χ1n) is 4.20. The van der Waals surface area contributed by atoms with Crippen LogP contribution in [0.3, 0.4) is 0 Å². The van der Waals surface area contributed by atoms with Gasteiger partial charge >= 0.3 is 0 Å². The predicted molar refractivity (Wildman–Crippen MR) is 56.3 cm³/mol. The van der Waals surface area contributed by atoms with Gasteiger partial charge in [0.25, 0.3) is 0 Å². The van der Waals surface area contributed by atoms with E-state index in [9.17, 15) is 4.79 Å². The van der Waals surface area contributed by atoms with Crippen LogP contribution in [0.2, 0.25) is 5.02 Å². The van der Waals surface area contributed by atoms with Crippen molar-refractivity contribution in [2.45, 2.75) is 6.04 Å². The van der Waals surface area contributed by atoms with Gasteiger partial charge in [0.15, 0.2) is 0 Å². The van der Waals surface area contributed by atoms with E-state index in [1.54, 1.807) is 18.3 Å². The molecular formula is C10H9ClN2O. The lowest BCUT2D eigenvalue weighted by Gasteiger charge is -2.00. The number of carbonyl (C=O) groups is 1. The highest BCUT2D eigenvalue weighted by atomic mass is 35.5. The van der Waals surface area contributed by atoms with Crippen molar-refractivity contribution in [3.63, 3.8) is 0 Å². The Bertz CT molecular complexity index is 478. The van der Waals surface area contributed by atoms with Crippen molar-refractivity contribution < 1.29 is 4.79 Å². The van der Waals surface area contributed by atoms with Crippen molar-refractivity contribution in [3.05, 3.63) is 35.0 Å². The molecule has 0 saturated heterocycles. The third-order valence-corrected chi connectivity index (χ3v) is 2.42. The van der Waals surface area contributed by atoms with Gasteiger partial charge in [-0.05, 0) is 12.1 Å². The molecular weight excluding hydrogens is 200 g/mol. The van der Waals surface area contributed by atoms with E-state index in [2.05, 4.69) is 4.98 Å². The standard InChI is InChI=1S/C10H9ClN2O/c11-6-1-2-7-8(9(12)5-14)4-13-10(7)3-6/h1-5,9,13H,12H2. The van der Waals surface area contributed by atoms with Gasteiger partial charge in [0.1, 0.15) is 6.29 Å². The summed E-state index contributed by atoms with van der Waals surface area (Å²) in [6, 6.07) is 4.86. The molecule has 0 fully saturated rings. The number of rotatable bonds is 2. The van der Waals surface area contributed by atoms with E-state index >= 15 is 0 Å². The van der Waals surface area contributed by atoms with Crippen molar-refractivity contribution >= 4 is 28.8 Å². The Hall–Kier alpha value is -1.32. The molecule has 1 aromatic heterocycles. The molecule has 0 aliphatic heterocycles. The SMILES string of the molecule is NC(C=O)c1c[nH]c2cc(Cl)ccc12. The number of halogens is 1. The molecule has 0 radical (unpaired) electrons. The fraction of sp³-hybridized carbons (Fsp3) is 0.100. The van der Waals surface area contributed by atoms with E-state index in [1.807, 2.05) is 6.07 Å². The molecule has 0 bridgehead atoms. The van der Waals surface area contributed by atoms with Crippen LogP contribution in [-0.4, -0.2) is 11.3 Å². The lowest BCUT2D eigenvalue weighted by atomic mass is 10.1. The summed E-state index contributed by atoms with van der Waals surface area (Å²) in [7, 11) is 0. The Balaban J connectivity index is 2.63. The van der Waals surface area contributed by atoms with Gasteiger partial charge in [-0.3, -0.25) is 0 Å². The number of fused-ring (bicyclic) bond motifs is 1. The Morgan fingerprint density at radius 1 is 1.50 bits per heavy atom. The normalized spacial score (nSPS) is 13.0. The fourth-order valence-corrected chi connectivity index (χ4v) is 1.64. The lowest BCUT2D eigenvalue weighted by molar-refractivity contribution is -0.108. The van der Waals surface area contributed by atoms with E-state index in [1.165, 1.54) is 0 Å². The molecule has 2 aromatic rings. The minimum absolute atomic E-state index is 0.579. The zero-order chi connectivity index (χ0) is 10.1. The number of nitrogens with two attached hydrogens (primary N) is 1. The first-order chi connectivity index (χ1) is 6.72. The summed E-state index contributed by atoms with van der Waals surface area (Å²) in [5.74, 6) is 0. The van der Waals surface area contributed by atoms with Gasteiger partial charge in [0.05, 0.1) is 6.04 Å². The molecule has 72 valence electrons. The summed E-state index contributed by atoms with van der Waals surface area (Å²) in [6.45, 7) is 0. The molecule has 1 unspecified atom stereocenters. The molecule has 1 aromatic carbocycles. The monoisotopic (exact) mass is 208 g/mol. The maximum atomic E-state index is 10.5. The van der Waals surface area contributed by atoms with E-state index in [-0.39, 0.29) is 0 Å². The zero-order valence-electron chi connectivity index (χ0n) is 7.33. The van der Waals surface area contributed by atoms with Crippen LogP contribution in [0.15, 0.2) is 24.4 Å². The summed E-state index contributed by atoms with van der Waals surface area (Å²) >= 11 is 5.82. The van der Waals surface area contributed by atoms with Gasteiger partial charge in [0.2, 0.25) is 0 Å². The summed E-state index contributed by atoms with van der Waals surface area (Å²) in [5.41, 5.74) is 7.31. The Morgan fingerprint density at radius 2 is 2.29 bits per heavy atom. The molecule has 3 nitrogen and oxygen atoms in total. The molecule has 14 heavy (non-hydrogen) atoms. The van der Waals surface area contributed by atoms with Gasteiger partial charge < -0.3 is 15.5 Å². The lowest BCUT2D eigenvalue weighted by Crippen LogP contribution is -2.10. The van der Waals surface area contributed by atoms with E-state index in [0.29, 0.717) is 5.02 Å². The molecule has 0 saturated carbocycles. The van der Waals surface area contributed by atoms with Crippen LogP contribution in [0.5, 0.6) is 0 Å². The highest BCUT2D eigenvalue weighted by Crippen LogP contribution is 2.24. The van der Waals surface area contributed by atoms with Crippen molar-refractivity contribution in [2.75, 3.05) is 0 Å². The van der Waals surface area contributed by atoms with E-state index < -0.39 is 6.04 Å². The fourth-order valence-electron chi connectivity index (χ4n) is 1.47. The predicted octanol–water partition coefficient (Wildman–Crippen LogP) is 2.02. The van der Waals surface area contributed by atoms with Crippen LogP contribution in [-0.2, 0) is 4.79 Å². The molecule has 1 heterocycles.